The second-order valence-electron chi connectivity index (χ2n) is 6.10. The molecule has 6 nitrogen and oxygen atoms in total. The lowest BCUT2D eigenvalue weighted by Crippen LogP contribution is -2.41. The number of morpholine rings is 1. The largest absolute Gasteiger partial charge is 0.379 e. The zero-order chi connectivity index (χ0) is 17.3. The van der Waals surface area contributed by atoms with Gasteiger partial charge in [0.05, 0.1) is 31.1 Å². The van der Waals surface area contributed by atoms with Crippen LogP contribution in [0.3, 0.4) is 0 Å². The molecule has 1 aliphatic heterocycles. The van der Waals surface area contributed by atoms with Crippen LogP contribution in [-0.4, -0.2) is 48.8 Å². The molecule has 3 rings (SSSR count). The quantitative estimate of drug-likeness (QED) is 0.845. The summed E-state index contributed by atoms with van der Waals surface area (Å²) >= 11 is 0. The van der Waals surface area contributed by atoms with Crippen molar-refractivity contribution in [1.82, 2.24) is 14.1 Å². The molecule has 24 heavy (non-hydrogen) atoms. The summed E-state index contributed by atoms with van der Waals surface area (Å²) in [6, 6.07) is 8.07. The highest BCUT2D eigenvalue weighted by Crippen LogP contribution is 2.25. The number of hydrogen-bond donors (Lipinski definition) is 0. The average molecular weight is 349 g/mol. The first-order valence-electron chi connectivity index (χ1n) is 8.07. The number of benzene rings is 1. The van der Waals surface area contributed by atoms with Crippen LogP contribution >= 0.6 is 0 Å². The lowest BCUT2D eigenvalue weighted by atomic mass is 10.1. The molecule has 1 fully saturated rings. The Labute approximate surface area is 143 Å². The molecule has 1 aromatic carbocycles. The fourth-order valence-corrected chi connectivity index (χ4v) is 4.85. The van der Waals surface area contributed by atoms with Crippen LogP contribution in [0.5, 0.6) is 0 Å². The molecule has 0 aliphatic carbocycles. The number of aryl methyl sites for hydroxylation is 2. The van der Waals surface area contributed by atoms with Gasteiger partial charge in [0.2, 0.25) is 10.0 Å². The summed E-state index contributed by atoms with van der Waals surface area (Å²) in [6.45, 7) is 7.86. The van der Waals surface area contributed by atoms with E-state index in [-0.39, 0.29) is 0 Å². The molecule has 0 N–H and O–H groups in total. The van der Waals surface area contributed by atoms with Gasteiger partial charge in [-0.05, 0) is 31.9 Å². The van der Waals surface area contributed by atoms with Gasteiger partial charge in [-0.2, -0.15) is 9.40 Å². The summed E-state index contributed by atoms with van der Waals surface area (Å²) in [5.41, 5.74) is 3.54. The van der Waals surface area contributed by atoms with Crippen molar-refractivity contribution in [2.75, 3.05) is 26.3 Å². The standard InChI is InChI=1S/C17H23N3O3S/c1-13-6-4-5-7-16(13)12-20-15(3)17(14(2)18-20)24(21,22)19-8-10-23-11-9-19/h4-7H,8-12H2,1-3H3. The van der Waals surface area contributed by atoms with E-state index in [1.54, 1.807) is 11.6 Å². The van der Waals surface area contributed by atoms with Crippen molar-refractivity contribution >= 4 is 10.0 Å². The molecule has 0 atom stereocenters. The lowest BCUT2D eigenvalue weighted by molar-refractivity contribution is 0.0730. The van der Waals surface area contributed by atoms with Crippen molar-refractivity contribution in [3.05, 3.63) is 46.8 Å². The number of ether oxygens (including phenoxy) is 1. The normalized spacial score (nSPS) is 16.5. The molecule has 2 aromatic rings. The van der Waals surface area contributed by atoms with Crippen molar-refractivity contribution in [3.63, 3.8) is 0 Å². The Balaban J connectivity index is 1.96. The van der Waals surface area contributed by atoms with Gasteiger partial charge in [-0.15, -0.1) is 0 Å². The summed E-state index contributed by atoms with van der Waals surface area (Å²) < 4.78 is 34.5. The molecular formula is C17H23N3O3S. The van der Waals surface area contributed by atoms with E-state index in [4.69, 9.17) is 4.74 Å². The van der Waals surface area contributed by atoms with Crippen LogP contribution in [0.4, 0.5) is 0 Å². The zero-order valence-electron chi connectivity index (χ0n) is 14.3. The molecule has 0 radical (unpaired) electrons. The van der Waals surface area contributed by atoms with Crippen molar-refractivity contribution in [2.45, 2.75) is 32.2 Å². The molecule has 0 saturated carbocycles. The summed E-state index contributed by atoms with van der Waals surface area (Å²) in [4.78, 5) is 0.331. The minimum Gasteiger partial charge on any atom is -0.379 e. The number of nitrogens with zero attached hydrogens (tertiary/aromatic N) is 3. The van der Waals surface area contributed by atoms with E-state index in [9.17, 15) is 8.42 Å². The first kappa shape index (κ1) is 17.1. The Morgan fingerprint density at radius 3 is 2.46 bits per heavy atom. The van der Waals surface area contributed by atoms with E-state index < -0.39 is 10.0 Å². The predicted molar refractivity (Wildman–Crippen MR) is 91.6 cm³/mol. The van der Waals surface area contributed by atoms with Crippen LogP contribution in [0.25, 0.3) is 0 Å². The SMILES string of the molecule is Cc1ccccc1Cn1nc(C)c(S(=O)(=O)N2CCOCC2)c1C. The van der Waals surface area contributed by atoms with Gasteiger partial charge in [-0.25, -0.2) is 8.42 Å². The number of rotatable bonds is 4. The fraction of sp³-hybridized carbons (Fsp3) is 0.471. The van der Waals surface area contributed by atoms with Crippen LogP contribution < -0.4 is 0 Å². The Morgan fingerprint density at radius 1 is 1.12 bits per heavy atom. The maximum Gasteiger partial charge on any atom is 0.246 e. The van der Waals surface area contributed by atoms with Gasteiger partial charge in [0.15, 0.2) is 0 Å². The third-order valence-corrected chi connectivity index (χ3v) is 6.62. The van der Waals surface area contributed by atoms with Crippen LogP contribution in [0, 0.1) is 20.8 Å². The summed E-state index contributed by atoms with van der Waals surface area (Å²) in [5.74, 6) is 0. The highest BCUT2D eigenvalue weighted by Gasteiger charge is 2.32. The van der Waals surface area contributed by atoms with Gasteiger partial charge in [0.1, 0.15) is 4.90 Å². The van der Waals surface area contributed by atoms with E-state index in [1.807, 2.05) is 38.1 Å². The molecule has 0 unspecified atom stereocenters. The van der Waals surface area contributed by atoms with Crippen LogP contribution in [0.1, 0.15) is 22.5 Å². The summed E-state index contributed by atoms with van der Waals surface area (Å²) in [5, 5.41) is 4.49. The molecular weight excluding hydrogens is 326 g/mol. The van der Waals surface area contributed by atoms with Crippen molar-refractivity contribution < 1.29 is 13.2 Å². The van der Waals surface area contributed by atoms with Crippen LogP contribution in [-0.2, 0) is 21.3 Å². The van der Waals surface area contributed by atoms with Crippen molar-refractivity contribution in [2.24, 2.45) is 0 Å². The first-order valence-corrected chi connectivity index (χ1v) is 9.51. The third-order valence-electron chi connectivity index (χ3n) is 4.46. The molecule has 2 heterocycles. The van der Waals surface area contributed by atoms with E-state index in [0.29, 0.717) is 49.1 Å². The number of sulfonamides is 1. The second kappa shape index (κ2) is 6.66. The highest BCUT2D eigenvalue weighted by atomic mass is 32.2. The van der Waals surface area contributed by atoms with E-state index in [1.165, 1.54) is 9.87 Å². The molecule has 1 saturated heterocycles. The van der Waals surface area contributed by atoms with Gasteiger partial charge in [0, 0.05) is 13.1 Å². The van der Waals surface area contributed by atoms with Gasteiger partial charge >= 0.3 is 0 Å². The molecule has 0 amide bonds. The molecule has 1 aromatic heterocycles. The van der Waals surface area contributed by atoms with E-state index in [0.717, 1.165) is 5.56 Å². The maximum atomic E-state index is 13.0. The first-order chi connectivity index (χ1) is 11.4. The molecule has 130 valence electrons. The number of aromatic nitrogens is 2. The second-order valence-corrected chi connectivity index (χ2v) is 7.98. The molecule has 7 heteroatoms. The minimum absolute atomic E-state index is 0.331. The summed E-state index contributed by atoms with van der Waals surface area (Å²) in [6.07, 6.45) is 0. The van der Waals surface area contributed by atoms with Gasteiger partial charge in [0.25, 0.3) is 0 Å². The molecule has 1 aliphatic rings. The average Bonchev–Trinajstić information content (AvgIpc) is 2.85. The Morgan fingerprint density at radius 2 is 1.79 bits per heavy atom. The minimum atomic E-state index is -3.53. The lowest BCUT2D eigenvalue weighted by Gasteiger charge is -2.26. The zero-order valence-corrected chi connectivity index (χ0v) is 15.1. The Bertz CT molecular complexity index is 837. The van der Waals surface area contributed by atoms with Gasteiger partial charge < -0.3 is 4.74 Å². The topological polar surface area (TPSA) is 64.4 Å². The molecule has 0 bridgehead atoms. The summed E-state index contributed by atoms with van der Waals surface area (Å²) in [7, 11) is -3.53. The Hall–Kier alpha value is -1.70. The van der Waals surface area contributed by atoms with Gasteiger partial charge in [-0.1, -0.05) is 24.3 Å². The van der Waals surface area contributed by atoms with E-state index in [2.05, 4.69) is 5.10 Å². The van der Waals surface area contributed by atoms with Crippen molar-refractivity contribution in [1.29, 1.82) is 0 Å². The van der Waals surface area contributed by atoms with Gasteiger partial charge in [-0.3, -0.25) is 4.68 Å². The van der Waals surface area contributed by atoms with E-state index >= 15 is 0 Å². The maximum absolute atomic E-state index is 13.0. The van der Waals surface area contributed by atoms with Crippen LogP contribution in [0.15, 0.2) is 29.2 Å². The monoisotopic (exact) mass is 349 g/mol. The van der Waals surface area contributed by atoms with Crippen molar-refractivity contribution in [3.8, 4) is 0 Å². The smallest absolute Gasteiger partial charge is 0.246 e. The third kappa shape index (κ3) is 3.11. The van der Waals surface area contributed by atoms with Crippen LogP contribution in [0.2, 0.25) is 0 Å². The Kier molecular flexibility index (Phi) is 4.76. The fourth-order valence-electron chi connectivity index (χ4n) is 3.07. The molecule has 0 spiro atoms. The highest BCUT2D eigenvalue weighted by molar-refractivity contribution is 7.89. The number of hydrogen-bond acceptors (Lipinski definition) is 4. The predicted octanol–water partition coefficient (Wildman–Crippen LogP) is 1.88.